The number of amides is 2. The lowest BCUT2D eigenvalue weighted by Crippen LogP contribution is -2.51. The fourth-order valence-corrected chi connectivity index (χ4v) is 3.20. The number of hydrogen-bond donors (Lipinski definition) is 0. The maximum absolute atomic E-state index is 13.0. The monoisotopic (exact) mass is 401 g/mol. The van der Waals surface area contributed by atoms with E-state index in [9.17, 15) is 9.59 Å². The zero-order chi connectivity index (χ0) is 21.0. The summed E-state index contributed by atoms with van der Waals surface area (Å²) < 4.78 is 16.3. The van der Waals surface area contributed by atoms with Crippen LogP contribution in [0, 0.1) is 20.8 Å². The van der Waals surface area contributed by atoms with Gasteiger partial charge in [-0.2, -0.15) is 0 Å². The summed E-state index contributed by atoms with van der Waals surface area (Å²) in [6, 6.07) is 5.99. The van der Waals surface area contributed by atoms with Gasteiger partial charge >= 0.3 is 6.09 Å². The third kappa shape index (κ3) is 4.70. The summed E-state index contributed by atoms with van der Waals surface area (Å²) in [5.41, 5.74) is 3.03. The van der Waals surface area contributed by atoms with Crippen molar-refractivity contribution >= 4 is 12.0 Å². The van der Waals surface area contributed by atoms with Crippen molar-refractivity contribution in [3.63, 3.8) is 0 Å². The van der Waals surface area contributed by atoms with Crippen molar-refractivity contribution in [2.75, 3.05) is 32.8 Å². The van der Waals surface area contributed by atoms with Crippen LogP contribution in [0.4, 0.5) is 4.79 Å². The molecule has 3 rings (SSSR count). The molecule has 0 N–H and O–H groups in total. The van der Waals surface area contributed by atoms with E-state index in [1.54, 1.807) is 23.6 Å². The van der Waals surface area contributed by atoms with Crippen molar-refractivity contribution in [3.8, 4) is 5.75 Å². The van der Waals surface area contributed by atoms with Crippen molar-refractivity contribution in [2.45, 2.75) is 34.3 Å². The van der Waals surface area contributed by atoms with E-state index in [-0.39, 0.29) is 24.3 Å². The number of carbonyl (C=O) groups is 2. The van der Waals surface area contributed by atoms with Crippen LogP contribution >= 0.6 is 0 Å². The summed E-state index contributed by atoms with van der Waals surface area (Å²) in [7, 11) is 0. The summed E-state index contributed by atoms with van der Waals surface area (Å²) in [5, 5.41) is 3.98. The summed E-state index contributed by atoms with van der Waals surface area (Å²) in [4.78, 5) is 28.1. The van der Waals surface area contributed by atoms with E-state index in [4.69, 9.17) is 14.0 Å². The van der Waals surface area contributed by atoms with Crippen LogP contribution in [0.3, 0.4) is 0 Å². The Balaban J connectivity index is 1.67. The second-order valence-corrected chi connectivity index (χ2v) is 7.10. The molecule has 8 heteroatoms. The lowest BCUT2D eigenvalue weighted by Gasteiger charge is -2.33. The molecule has 0 spiro atoms. The highest BCUT2D eigenvalue weighted by atomic mass is 16.6. The van der Waals surface area contributed by atoms with E-state index in [1.165, 1.54) is 0 Å². The van der Waals surface area contributed by atoms with Crippen molar-refractivity contribution in [1.82, 2.24) is 15.0 Å². The molecule has 8 nitrogen and oxygen atoms in total. The first-order valence-electron chi connectivity index (χ1n) is 9.76. The Morgan fingerprint density at radius 3 is 2.48 bits per heavy atom. The van der Waals surface area contributed by atoms with Gasteiger partial charge in [0.05, 0.1) is 12.2 Å². The van der Waals surface area contributed by atoms with E-state index >= 15 is 0 Å². The zero-order valence-corrected chi connectivity index (χ0v) is 17.4. The number of aryl methyl sites for hydroxylation is 3. The van der Waals surface area contributed by atoms with Crippen LogP contribution in [0.1, 0.15) is 39.9 Å². The molecule has 0 unspecified atom stereocenters. The van der Waals surface area contributed by atoms with Crippen molar-refractivity contribution in [1.29, 1.82) is 0 Å². The number of aromatic nitrogens is 1. The minimum atomic E-state index is -0.348. The van der Waals surface area contributed by atoms with Crippen molar-refractivity contribution in [2.24, 2.45) is 0 Å². The number of benzene rings is 1. The van der Waals surface area contributed by atoms with Gasteiger partial charge < -0.3 is 23.8 Å². The highest BCUT2D eigenvalue weighted by molar-refractivity contribution is 5.94. The van der Waals surface area contributed by atoms with E-state index in [2.05, 4.69) is 5.16 Å². The summed E-state index contributed by atoms with van der Waals surface area (Å²) in [5.74, 6) is 1.11. The predicted molar refractivity (Wildman–Crippen MR) is 106 cm³/mol. The molecule has 1 aliphatic rings. The zero-order valence-electron chi connectivity index (χ0n) is 17.4. The van der Waals surface area contributed by atoms with Gasteiger partial charge in [0.1, 0.15) is 18.1 Å². The van der Waals surface area contributed by atoms with Crippen molar-refractivity contribution in [3.05, 3.63) is 46.3 Å². The number of carbonyl (C=O) groups excluding carboxylic acids is 2. The molecule has 0 saturated carbocycles. The first-order valence-corrected chi connectivity index (χ1v) is 9.76. The Kier molecular flexibility index (Phi) is 6.41. The lowest BCUT2D eigenvalue weighted by molar-refractivity contribution is 0.0560. The van der Waals surface area contributed by atoms with E-state index < -0.39 is 0 Å². The quantitative estimate of drug-likeness (QED) is 0.765. The second-order valence-electron chi connectivity index (χ2n) is 7.10. The number of rotatable bonds is 5. The SMILES string of the molecule is CCOC(=O)N1CCN(C(=O)c2noc(C)c2COc2cc(C)ccc2C)CC1. The highest BCUT2D eigenvalue weighted by Gasteiger charge is 2.29. The number of ether oxygens (including phenoxy) is 2. The molecule has 1 aliphatic heterocycles. The predicted octanol–water partition coefficient (Wildman–Crippen LogP) is 3.09. The van der Waals surface area contributed by atoms with Gasteiger partial charge in [-0.15, -0.1) is 0 Å². The molecule has 29 heavy (non-hydrogen) atoms. The summed E-state index contributed by atoms with van der Waals surface area (Å²) in [6.45, 7) is 9.74. The number of piperazine rings is 1. The normalized spacial score (nSPS) is 14.1. The maximum Gasteiger partial charge on any atom is 0.409 e. The van der Waals surface area contributed by atoms with Gasteiger partial charge in [-0.05, 0) is 44.9 Å². The second kappa shape index (κ2) is 8.98. The Morgan fingerprint density at radius 1 is 1.10 bits per heavy atom. The first kappa shape index (κ1) is 20.7. The smallest absolute Gasteiger partial charge is 0.409 e. The molecule has 2 amide bonds. The van der Waals surface area contributed by atoms with Crippen LogP contribution in [0.15, 0.2) is 22.7 Å². The van der Waals surface area contributed by atoms with E-state index in [1.807, 2.05) is 32.0 Å². The molecule has 0 aliphatic carbocycles. The van der Waals surface area contributed by atoms with Gasteiger partial charge in [-0.25, -0.2) is 4.79 Å². The van der Waals surface area contributed by atoms with E-state index in [0.717, 1.165) is 16.9 Å². The Labute approximate surface area is 170 Å². The van der Waals surface area contributed by atoms with Crippen molar-refractivity contribution < 1.29 is 23.6 Å². The van der Waals surface area contributed by atoms with Crippen LogP contribution in [0.25, 0.3) is 0 Å². The molecule has 1 fully saturated rings. The average Bonchev–Trinajstić information content (AvgIpc) is 3.09. The van der Waals surface area contributed by atoms with Gasteiger partial charge in [0.15, 0.2) is 5.69 Å². The van der Waals surface area contributed by atoms with E-state index in [0.29, 0.717) is 44.1 Å². The topological polar surface area (TPSA) is 85.1 Å². The van der Waals surface area contributed by atoms with Crippen LogP contribution in [-0.2, 0) is 11.3 Å². The molecular formula is C21H27N3O5. The Hall–Kier alpha value is -3.03. The highest BCUT2D eigenvalue weighted by Crippen LogP contribution is 2.23. The first-order chi connectivity index (χ1) is 13.9. The Morgan fingerprint density at radius 2 is 1.79 bits per heavy atom. The molecule has 156 valence electrons. The van der Waals surface area contributed by atoms with Gasteiger partial charge in [0.2, 0.25) is 0 Å². The lowest BCUT2D eigenvalue weighted by atomic mass is 10.1. The third-order valence-corrected chi connectivity index (χ3v) is 5.00. The van der Waals surface area contributed by atoms with Gasteiger partial charge in [-0.3, -0.25) is 4.79 Å². The molecule has 2 heterocycles. The van der Waals surface area contributed by atoms with Crippen LogP contribution in [0.5, 0.6) is 5.75 Å². The Bertz CT molecular complexity index is 884. The largest absolute Gasteiger partial charge is 0.488 e. The van der Waals surface area contributed by atoms with Gasteiger partial charge in [-0.1, -0.05) is 17.3 Å². The molecule has 1 aromatic carbocycles. The maximum atomic E-state index is 13.0. The average molecular weight is 401 g/mol. The fraction of sp³-hybridized carbons (Fsp3) is 0.476. The molecule has 0 bridgehead atoms. The van der Waals surface area contributed by atoms with Crippen LogP contribution < -0.4 is 4.74 Å². The number of hydrogen-bond acceptors (Lipinski definition) is 6. The molecule has 1 saturated heterocycles. The van der Waals surface area contributed by atoms with Crippen LogP contribution in [-0.4, -0.2) is 59.7 Å². The van der Waals surface area contributed by atoms with Crippen LogP contribution in [0.2, 0.25) is 0 Å². The number of nitrogens with zero attached hydrogens (tertiary/aromatic N) is 3. The van der Waals surface area contributed by atoms with Gasteiger partial charge in [0, 0.05) is 26.2 Å². The van der Waals surface area contributed by atoms with Gasteiger partial charge in [0.25, 0.3) is 5.91 Å². The molecule has 1 aromatic heterocycles. The minimum absolute atomic E-state index is 0.198. The standard InChI is InChI=1S/C21H27N3O5/c1-5-27-21(26)24-10-8-23(9-11-24)20(25)19-17(16(4)29-22-19)13-28-18-12-14(2)6-7-15(18)3/h6-7,12H,5,8-11,13H2,1-4H3. The molecular weight excluding hydrogens is 374 g/mol. The molecule has 2 aromatic rings. The summed E-state index contributed by atoms with van der Waals surface area (Å²) in [6.07, 6.45) is -0.348. The minimum Gasteiger partial charge on any atom is -0.488 e. The summed E-state index contributed by atoms with van der Waals surface area (Å²) >= 11 is 0. The molecule has 0 radical (unpaired) electrons. The molecule has 0 atom stereocenters. The fourth-order valence-electron chi connectivity index (χ4n) is 3.20. The third-order valence-electron chi connectivity index (χ3n) is 5.00.